The van der Waals surface area contributed by atoms with Crippen molar-refractivity contribution in [1.82, 2.24) is 24.7 Å². The van der Waals surface area contributed by atoms with Crippen LogP contribution in [-0.2, 0) is 13.0 Å². The average molecular weight is 312 g/mol. The molecule has 0 radical (unpaired) electrons. The summed E-state index contributed by atoms with van der Waals surface area (Å²) in [5, 5.41) is 9.05. The highest BCUT2D eigenvalue weighted by atomic mass is 15.3. The van der Waals surface area contributed by atoms with Crippen molar-refractivity contribution in [1.29, 1.82) is 0 Å². The van der Waals surface area contributed by atoms with Crippen LogP contribution in [0.15, 0.2) is 6.07 Å². The predicted molar refractivity (Wildman–Crippen MR) is 88.4 cm³/mol. The lowest BCUT2D eigenvalue weighted by Crippen LogP contribution is -2.27. The van der Waals surface area contributed by atoms with E-state index in [1.165, 1.54) is 31.5 Å². The molecule has 0 amide bonds. The lowest BCUT2D eigenvalue weighted by molar-refractivity contribution is 0.557. The normalized spacial score (nSPS) is 21.3. The fourth-order valence-electron chi connectivity index (χ4n) is 3.91. The Morgan fingerprint density at radius 3 is 2.78 bits per heavy atom. The summed E-state index contributed by atoms with van der Waals surface area (Å²) in [6.45, 7) is 6.09. The van der Waals surface area contributed by atoms with Crippen LogP contribution in [0.4, 0.5) is 5.82 Å². The maximum Gasteiger partial charge on any atom is 0.155 e. The zero-order chi connectivity index (χ0) is 15.8. The van der Waals surface area contributed by atoms with E-state index in [2.05, 4.69) is 35.7 Å². The molecular weight excluding hydrogens is 288 g/mol. The van der Waals surface area contributed by atoms with E-state index in [-0.39, 0.29) is 0 Å². The minimum atomic E-state index is 0.294. The smallest absolute Gasteiger partial charge is 0.155 e. The Balaban J connectivity index is 1.69. The number of aromatic nitrogens is 5. The standard InChI is InChI=1S/C17H24N6/c1-12-11-16(19-13(2)18-12)22-10-6-7-14(22)17-21-20-15-8-4-3-5-9-23(15)17/h11,14H,3-10H2,1-2H3/t14-/m1/s1. The van der Waals surface area contributed by atoms with Gasteiger partial charge in [-0.15, -0.1) is 10.2 Å². The van der Waals surface area contributed by atoms with Gasteiger partial charge in [-0.25, -0.2) is 9.97 Å². The van der Waals surface area contributed by atoms with E-state index in [0.29, 0.717) is 6.04 Å². The SMILES string of the molecule is Cc1cc(N2CCC[C@@H]2c2nnc3n2CCCCC3)nc(C)n1. The Bertz CT molecular complexity index is 687. The third-order valence-electron chi connectivity index (χ3n) is 4.94. The summed E-state index contributed by atoms with van der Waals surface area (Å²) >= 11 is 0. The van der Waals surface area contributed by atoms with E-state index in [1.807, 2.05) is 13.8 Å². The van der Waals surface area contributed by atoms with Crippen LogP contribution in [0.5, 0.6) is 0 Å². The molecule has 1 atom stereocenters. The van der Waals surface area contributed by atoms with Gasteiger partial charge < -0.3 is 9.47 Å². The number of hydrogen-bond donors (Lipinski definition) is 0. The van der Waals surface area contributed by atoms with Gasteiger partial charge in [-0.1, -0.05) is 6.42 Å². The van der Waals surface area contributed by atoms with Gasteiger partial charge >= 0.3 is 0 Å². The number of hydrogen-bond acceptors (Lipinski definition) is 5. The Hall–Kier alpha value is -1.98. The molecule has 2 aromatic heterocycles. The molecule has 2 aliphatic heterocycles. The predicted octanol–water partition coefficient (Wildman–Crippen LogP) is 2.75. The third kappa shape index (κ3) is 2.71. The van der Waals surface area contributed by atoms with Crippen LogP contribution in [-0.4, -0.2) is 31.3 Å². The average Bonchev–Trinajstić information content (AvgIpc) is 3.07. The van der Waals surface area contributed by atoms with Crippen molar-refractivity contribution >= 4 is 5.82 Å². The highest BCUT2D eigenvalue weighted by Gasteiger charge is 2.32. The minimum absolute atomic E-state index is 0.294. The van der Waals surface area contributed by atoms with E-state index in [9.17, 15) is 0 Å². The Morgan fingerprint density at radius 1 is 1.00 bits per heavy atom. The first-order chi connectivity index (χ1) is 11.2. The summed E-state index contributed by atoms with van der Waals surface area (Å²) < 4.78 is 2.37. The second-order valence-corrected chi connectivity index (χ2v) is 6.70. The number of anilines is 1. The summed E-state index contributed by atoms with van der Waals surface area (Å²) in [6.07, 6.45) is 7.12. The van der Waals surface area contributed by atoms with Gasteiger partial charge in [0.15, 0.2) is 5.82 Å². The van der Waals surface area contributed by atoms with Crippen molar-refractivity contribution in [3.05, 3.63) is 29.2 Å². The molecule has 2 aromatic rings. The second-order valence-electron chi connectivity index (χ2n) is 6.70. The molecule has 0 unspecified atom stereocenters. The first-order valence-electron chi connectivity index (χ1n) is 8.73. The first kappa shape index (κ1) is 14.6. The quantitative estimate of drug-likeness (QED) is 0.853. The Labute approximate surface area is 137 Å². The van der Waals surface area contributed by atoms with Crippen molar-refractivity contribution in [2.45, 2.75) is 65.0 Å². The van der Waals surface area contributed by atoms with Gasteiger partial charge in [0.25, 0.3) is 0 Å². The lowest BCUT2D eigenvalue weighted by Gasteiger charge is -2.26. The lowest BCUT2D eigenvalue weighted by atomic mass is 10.2. The molecule has 1 saturated heterocycles. The minimum Gasteiger partial charge on any atom is -0.346 e. The maximum atomic E-state index is 4.66. The van der Waals surface area contributed by atoms with Crippen molar-refractivity contribution in [3.8, 4) is 0 Å². The zero-order valence-corrected chi connectivity index (χ0v) is 14.0. The van der Waals surface area contributed by atoms with Gasteiger partial charge in [0.2, 0.25) is 0 Å². The third-order valence-corrected chi connectivity index (χ3v) is 4.94. The van der Waals surface area contributed by atoms with Gasteiger partial charge in [-0.3, -0.25) is 0 Å². The summed E-state index contributed by atoms with van der Waals surface area (Å²) in [7, 11) is 0. The number of aryl methyl sites for hydroxylation is 3. The molecule has 23 heavy (non-hydrogen) atoms. The topological polar surface area (TPSA) is 59.7 Å². The molecule has 0 bridgehead atoms. The highest BCUT2D eigenvalue weighted by Crippen LogP contribution is 2.35. The van der Waals surface area contributed by atoms with Gasteiger partial charge in [0, 0.05) is 31.3 Å². The van der Waals surface area contributed by atoms with Crippen LogP contribution < -0.4 is 4.90 Å². The number of rotatable bonds is 2. The molecular formula is C17H24N6. The molecule has 1 fully saturated rings. The summed E-state index contributed by atoms with van der Waals surface area (Å²) in [5.41, 5.74) is 1.03. The van der Waals surface area contributed by atoms with Crippen LogP contribution in [0.25, 0.3) is 0 Å². The molecule has 2 aliphatic rings. The molecule has 0 spiro atoms. The summed E-state index contributed by atoms with van der Waals surface area (Å²) in [6, 6.07) is 2.38. The molecule has 4 rings (SSSR count). The van der Waals surface area contributed by atoms with Crippen molar-refractivity contribution < 1.29 is 0 Å². The van der Waals surface area contributed by atoms with E-state index in [4.69, 9.17) is 0 Å². The monoisotopic (exact) mass is 312 g/mol. The van der Waals surface area contributed by atoms with Gasteiger partial charge in [-0.2, -0.15) is 0 Å². The number of nitrogens with zero attached hydrogens (tertiary/aromatic N) is 6. The van der Waals surface area contributed by atoms with Crippen LogP contribution in [0.3, 0.4) is 0 Å². The van der Waals surface area contributed by atoms with E-state index in [1.54, 1.807) is 0 Å². The van der Waals surface area contributed by atoms with Gasteiger partial charge in [0.05, 0.1) is 6.04 Å². The van der Waals surface area contributed by atoms with Crippen LogP contribution in [0.2, 0.25) is 0 Å². The Kier molecular flexibility index (Phi) is 3.75. The maximum absolute atomic E-state index is 4.66. The molecule has 0 saturated carbocycles. The highest BCUT2D eigenvalue weighted by molar-refractivity contribution is 5.43. The molecule has 122 valence electrons. The second kappa shape index (κ2) is 5.91. The van der Waals surface area contributed by atoms with Crippen molar-refractivity contribution in [3.63, 3.8) is 0 Å². The summed E-state index contributed by atoms with van der Waals surface area (Å²) in [4.78, 5) is 11.5. The van der Waals surface area contributed by atoms with Gasteiger partial charge in [0.1, 0.15) is 17.5 Å². The molecule has 0 aromatic carbocycles. The molecule has 4 heterocycles. The fraction of sp³-hybridized carbons (Fsp3) is 0.647. The zero-order valence-electron chi connectivity index (χ0n) is 14.0. The number of fused-ring (bicyclic) bond motifs is 1. The Morgan fingerprint density at radius 2 is 1.91 bits per heavy atom. The molecule has 6 nitrogen and oxygen atoms in total. The van der Waals surface area contributed by atoms with Crippen LogP contribution in [0, 0.1) is 13.8 Å². The van der Waals surface area contributed by atoms with Crippen molar-refractivity contribution in [2.75, 3.05) is 11.4 Å². The summed E-state index contributed by atoms with van der Waals surface area (Å²) in [5.74, 6) is 4.17. The molecule has 6 heteroatoms. The van der Waals surface area contributed by atoms with E-state index in [0.717, 1.165) is 49.1 Å². The first-order valence-corrected chi connectivity index (χ1v) is 8.73. The largest absolute Gasteiger partial charge is 0.346 e. The van der Waals surface area contributed by atoms with Crippen LogP contribution >= 0.6 is 0 Å². The molecule has 0 N–H and O–H groups in total. The van der Waals surface area contributed by atoms with Crippen molar-refractivity contribution in [2.24, 2.45) is 0 Å². The molecule has 0 aliphatic carbocycles. The van der Waals surface area contributed by atoms with Crippen LogP contribution in [0.1, 0.15) is 61.3 Å². The van der Waals surface area contributed by atoms with E-state index < -0.39 is 0 Å². The van der Waals surface area contributed by atoms with E-state index >= 15 is 0 Å². The fourth-order valence-corrected chi connectivity index (χ4v) is 3.91. The van der Waals surface area contributed by atoms with Gasteiger partial charge in [-0.05, 0) is 39.5 Å².